The van der Waals surface area contributed by atoms with Crippen LogP contribution in [0.25, 0.3) is 0 Å². The summed E-state index contributed by atoms with van der Waals surface area (Å²) < 4.78 is 15.9. The molecule has 1 heterocycles. The van der Waals surface area contributed by atoms with E-state index in [0.29, 0.717) is 35.6 Å². The van der Waals surface area contributed by atoms with Crippen molar-refractivity contribution in [1.82, 2.24) is 5.32 Å². The molecule has 0 radical (unpaired) electrons. The van der Waals surface area contributed by atoms with Gasteiger partial charge in [0.2, 0.25) is 0 Å². The summed E-state index contributed by atoms with van der Waals surface area (Å²) in [6.45, 7) is 8.26. The molecule has 1 aromatic carbocycles. The van der Waals surface area contributed by atoms with Gasteiger partial charge in [-0.2, -0.15) is 0 Å². The Bertz CT molecular complexity index is 959. The van der Waals surface area contributed by atoms with Gasteiger partial charge in [-0.15, -0.1) is 0 Å². The Morgan fingerprint density at radius 3 is 2.44 bits per heavy atom. The molecular formula is C25H31NO6. The highest BCUT2D eigenvalue weighted by molar-refractivity contribution is 6.12. The lowest BCUT2D eigenvalue weighted by atomic mass is 9.69. The number of rotatable bonds is 7. The van der Waals surface area contributed by atoms with Gasteiger partial charge in [0.05, 0.1) is 25.9 Å². The van der Waals surface area contributed by atoms with Gasteiger partial charge < -0.3 is 19.5 Å². The standard InChI is InChI=1S/C25H31NO6/c1-6-12-32-17-10-8-16(9-11-17)21-20(25(29)31-7-2)15(4)26-18-13-14(3)19(24(28)30-5)23(27)22(18)21/h8-11,14,19,21,26H,6-7,12-13H2,1-5H3/t14-,19-,21-/m1/s1. The zero-order valence-corrected chi connectivity index (χ0v) is 19.3. The highest BCUT2D eigenvalue weighted by Gasteiger charge is 2.47. The fourth-order valence-corrected chi connectivity index (χ4v) is 4.47. The fourth-order valence-electron chi connectivity index (χ4n) is 4.47. The highest BCUT2D eigenvalue weighted by Crippen LogP contribution is 2.45. The van der Waals surface area contributed by atoms with E-state index < -0.39 is 23.8 Å². The van der Waals surface area contributed by atoms with Gasteiger partial charge in [-0.25, -0.2) is 4.79 Å². The third-order valence-electron chi connectivity index (χ3n) is 5.92. The first-order valence-corrected chi connectivity index (χ1v) is 11.1. The summed E-state index contributed by atoms with van der Waals surface area (Å²) in [5, 5.41) is 3.25. The molecule has 0 unspecified atom stereocenters. The summed E-state index contributed by atoms with van der Waals surface area (Å²) in [5.74, 6) is -2.41. The molecule has 0 saturated carbocycles. The van der Waals surface area contributed by atoms with Crippen molar-refractivity contribution >= 4 is 17.7 Å². The predicted octanol–water partition coefficient (Wildman–Crippen LogP) is 3.65. The molecular weight excluding hydrogens is 410 g/mol. The van der Waals surface area contributed by atoms with Gasteiger partial charge >= 0.3 is 11.9 Å². The minimum atomic E-state index is -0.905. The first-order chi connectivity index (χ1) is 15.3. The summed E-state index contributed by atoms with van der Waals surface area (Å²) >= 11 is 0. The molecule has 0 saturated heterocycles. The number of ether oxygens (including phenoxy) is 3. The molecule has 0 aromatic heterocycles. The number of nitrogens with one attached hydrogen (secondary N) is 1. The molecule has 0 spiro atoms. The molecule has 1 N–H and O–H groups in total. The summed E-state index contributed by atoms with van der Waals surface area (Å²) in [6, 6.07) is 7.38. The number of methoxy groups -OCH3 is 1. The Morgan fingerprint density at radius 1 is 1.16 bits per heavy atom. The predicted molar refractivity (Wildman–Crippen MR) is 119 cm³/mol. The molecule has 0 amide bonds. The van der Waals surface area contributed by atoms with E-state index in [0.717, 1.165) is 17.7 Å². The van der Waals surface area contributed by atoms with E-state index in [1.165, 1.54) is 7.11 Å². The lowest BCUT2D eigenvalue weighted by Gasteiger charge is -2.38. The topological polar surface area (TPSA) is 90.9 Å². The third-order valence-corrected chi connectivity index (χ3v) is 5.92. The monoisotopic (exact) mass is 441 g/mol. The van der Waals surface area contributed by atoms with E-state index in [1.54, 1.807) is 6.92 Å². The molecule has 172 valence electrons. The van der Waals surface area contributed by atoms with Crippen molar-refractivity contribution in [3.63, 3.8) is 0 Å². The van der Waals surface area contributed by atoms with Crippen LogP contribution in [0, 0.1) is 11.8 Å². The Morgan fingerprint density at radius 2 is 1.84 bits per heavy atom. The van der Waals surface area contributed by atoms with Gasteiger partial charge in [-0.05, 0) is 50.3 Å². The summed E-state index contributed by atoms with van der Waals surface area (Å²) in [6.07, 6.45) is 1.39. The molecule has 0 bridgehead atoms. The van der Waals surface area contributed by atoms with Crippen molar-refractivity contribution in [2.75, 3.05) is 20.3 Å². The zero-order valence-electron chi connectivity index (χ0n) is 19.3. The molecule has 0 fully saturated rings. The molecule has 32 heavy (non-hydrogen) atoms. The van der Waals surface area contributed by atoms with Crippen molar-refractivity contribution in [2.45, 2.75) is 46.5 Å². The lowest BCUT2D eigenvalue weighted by molar-refractivity contribution is -0.151. The molecule has 3 atom stereocenters. The average Bonchev–Trinajstić information content (AvgIpc) is 2.77. The number of allylic oxidation sites excluding steroid dienone is 3. The van der Waals surface area contributed by atoms with Crippen LogP contribution in [0.5, 0.6) is 5.75 Å². The smallest absolute Gasteiger partial charge is 0.336 e. The maximum Gasteiger partial charge on any atom is 0.336 e. The van der Waals surface area contributed by atoms with Gasteiger partial charge in [0.15, 0.2) is 5.78 Å². The number of hydrogen-bond acceptors (Lipinski definition) is 7. The number of dihydropyridines is 1. The van der Waals surface area contributed by atoms with E-state index >= 15 is 0 Å². The van der Waals surface area contributed by atoms with E-state index in [-0.39, 0.29) is 18.3 Å². The number of benzene rings is 1. The third kappa shape index (κ3) is 4.42. The van der Waals surface area contributed by atoms with Crippen LogP contribution in [0.1, 0.15) is 52.0 Å². The van der Waals surface area contributed by atoms with Gasteiger partial charge in [0, 0.05) is 22.9 Å². The van der Waals surface area contributed by atoms with Gasteiger partial charge in [-0.1, -0.05) is 26.0 Å². The molecule has 2 aliphatic rings. The van der Waals surface area contributed by atoms with Crippen molar-refractivity contribution in [3.05, 3.63) is 52.4 Å². The second-order valence-electron chi connectivity index (χ2n) is 8.17. The minimum Gasteiger partial charge on any atom is -0.494 e. The Hall–Kier alpha value is -3.09. The van der Waals surface area contributed by atoms with E-state index in [9.17, 15) is 14.4 Å². The number of hydrogen-bond donors (Lipinski definition) is 1. The van der Waals surface area contributed by atoms with Gasteiger partial charge in [0.25, 0.3) is 0 Å². The van der Waals surface area contributed by atoms with Crippen LogP contribution in [0.3, 0.4) is 0 Å². The number of ketones is 1. The fraction of sp³-hybridized carbons (Fsp3) is 0.480. The van der Waals surface area contributed by atoms with Gasteiger partial charge in [-0.3, -0.25) is 9.59 Å². The van der Waals surface area contributed by atoms with Crippen molar-refractivity contribution < 1.29 is 28.6 Å². The Balaban J connectivity index is 2.11. The molecule has 1 aliphatic carbocycles. The molecule has 3 rings (SSSR count). The van der Waals surface area contributed by atoms with Crippen LogP contribution in [0.4, 0.5) is 0 Å². The number of carbonyl (C=O) groups excluding carboxylic acids is 3. The second kappa shape index (κ2) is 10.0. The van der Waals surface area contributed by atoms with Crippen LogP contribution in [-0.2, 0) is 23.9 Å². The lowest BCUT2D eigenvalue weighted by Crippen LogP contribution is -2.43. The first kappa shape index (κ1) is 23.6. The maximum absolute atomic E-state index is 13.6. The molecule has 7 heteroatoms. The summed E-state index contributed by atoms with van der Waals surface area (Å²) in [7, 11) is 1.28. The van der Waals surface area contributed by atoms with E-state index in [1.807, 2.05) is 45.0 Å². The van der Waals surface area contributed by atoms with Crippen molar-refractivity contribution in [2.24, 2.45) is 11.8 Å². The van der Waals surface area contributed by atoms with Crippen LogP contribution in [0.2, 0.25) is 0 Å². The SMILES string of the molecule is CCCOc1ccc([C@@H]2C(C(=O)OCC)=C(C)NC3=C2C(=O)[C@H](C(=O)OC)[C@H](C)C3)cc1. The van der Waals surface area contributed by atoms with Crippen LogP contribution in [-0.4, -0.2) is 38.0 Å². The van der Waals surface area contributed by atoms with Crippen molar-refractivity contribution in [1.29, 1.82) is 0 Å². The van der Waals surface area contributed by atoms with Crippen LogP contribution < -0.4 is 10.1 Å². The normalized spacial score (nSPS) is 22.8. The average molecular weight is 442 g/mol. The number of Topliss-reactive ketones (excluding diaryl/α,β-unsaturated/α-hetero) is 1. The minimum absolute atomic E-state index is 0.216. The maximum atomic E-state index is 13.6. The van der Waals surface area contributed by atoms with Crippen molar-refractivity contribution in [3.8, 4) is 5.75 Å². The van der Waals surface area contributed by atoms with E-state index in [4.69, 9.17) is 14.2 Å². The highest BCUT2D eigenvalue weighted by atomic mass is 16.5. The molecule has 7 nitrogen and oxygen atoms in total. The number of esters is 2. The quantitative estimate of drug-likeness (QED) is 0.510. The van der Waals surface area contributed by atoms with Crippen LogP contribution in [0.15, 0.2) is 46.8 Å². The second-order valence-corrected chi connectivity index (χ2v) is 8.17. The molecule has 1 aromatic rings. The largest absolute Gasteiger partial charge is 0.494 e. The zero-order chi connectivity index (χ0) is 23.4. The summed E-state index contributed by atoms with van der Waals surface area (Å²) in [5.41, 5.74) is 2.95. The summed E-state index contributed by atoms with van der Waals surface area (Å²) in [4.78, 5) is 39.0. The molecule has 1 aliphatic heterocycles. The van der Waals surface area contributed by atoms with Gasteiger partial charge in [0.1, 0.15) is 11.7 Å². The van der Waals surface area contributed by atoms with E-state index in [2.05, 4.69) is 5.32 Å². The van der Waals surface area contributed by atoms with Crippen LogP contribution >= 0.6 is 0 Å². The Kier molecular flexibility index (Phi) is 7.38. The number of carbonyl (C=O) groups is 3. The first-order valence-electron chi connectivity index (χ1n) is 11.1. The Labute approximate surface area is 188 Å².